The molecule has 0 amide bonds. The molecule has 1 N–H and O–H groups in total. The van der Waals surface area contributed by atoms with Gasteiger partial charge < -0.3 is 9.84 Å². The maximum absolute atomic E-state index is 13.8. The van der Waals surface area contributed by atoms with Gasteiger partial charge in [0.2, 0.25) is 10.8 Å². The van der Waals surface area contributed by atoms with E-state index in [4.69, 9.17) is 4.74 Å². The normalized spacial score (nSPS) is 23.3. The monoisotopic (exact) mass is 446 g/mol. The predicted octanol–water partition coefficient (Wildman–Crippen LogP) is 5.30. The molecule has 1 saturated heterocycles. The van der Waals surface area contributed by atoms with E-state index in [0.717, 1.165) is 29.7 Å². The minimum absolute atomic E-state index is 0.0860. The molecule has 0 bridgehead atoms. The van der Waals surface area contributed by atoms with Crippen LogP contribution in [0.3, 0.4) is 0 Å². The number of hydrogen-bond donors (Lipinski definition) is 1. The van der Waals surface area contributed by atoms with Crippen LogP contribution in [0.4, 0.5) is 4.39 Å². The second kappa shape index (κ2) is 8.48. The highest BCUT2D eigenvalue weighted by molar-refractivity contribution is 7.17. The van der Waals surface area contributed by atoms with Gasteiger partial charge in [-0.1, -0.05) is 44.2 Å². The topological polar surface area (TPSA) is 62.9 Å². The van der Waals surface area contributed by atoms with Gasteiger partial charge in [-0.05, 0) is 56.7 Å². The summed E-state index contributed by atoms with van der Waals surface area (Å²) in [4.78, 5) is 8.22. The number of rotatable bonds is 7. The Kier molecular flexibility index (Phi) is 6.07. The van der Waals surface area contributed by atoms with Gasteiger partial charge in [0.15, 0.2) is 0 Å². The first kappa shape index (κ1) is 22.2. The molecule has 8 heteroatoms. The van der Waals surface area contributed by atoms with E-state index in [1.165, 1.54) is 28.0 Å². The van der Waals surface area contributed by atoms with Crippen molar-refractivity contribution in [3.63, 3.8) is 0 Å². The molecule has 31 heavy (non-hydrogen) atoms. The molecule has 1 aromatic carbocycles. The van der Waals surface area contributed by atoms with E-state index in [9.17, 15) is 9.50 Å². The molecule has 168 valence electrons. The van der Waals surface area contributed by atoms with E-state index < -0.39 is 5.72 Å². The van der Waals surface area contributed by atoms with Crippen LogP contribution in [0.25, 0.3) is 4.96 Å². The van der Waals surface area contributed by atoms with E-state index in [1.807, 2.05) is 0 Å². The van der Waals surface area contributed by atoms with Crippen LogP contribution in [0.2, 0.25) is 0 Å². The quantitative estimate of drug-likeness (QED) is 0.534. The van der Waals surface area contributed by atoms with E-state index in [2.05, 4.69) is 42.7 Å². The first-order valence-corrected chi connectivity index (χ1v) is 11.8. The highest BCUT2D eigenvalue weighted by Crippen LogP contribution is 2.47. The molecule has 0 spiro atoms. The summed E-state index contributed by atoms with van der Waals surface area (Å²) in [5, 5.41) is 15.5. The van der Waals surface area contributed by atoms with Crippen molar-refractivity contribution in [2.24, 2.45) is 5.92 Å². The molecule has 3 heterocycles. The lowest BCUT2D eigenvalue weighted by Crippen LogP contribution is -2.48. The van der Waals surface area contributed by atoms with Gasteiger partial charge in [0.05, 0.1) is 17.5 Å². The summed E-state index contributed by atoms with van der Waals surface area (Å²) >= 11 is 1.42. The van der Waals surface area contributed by atoms with Crippen LogP contribution in [0, 0.1) is 18.7 Å². The Balaban J connectivity index is 1.86. The fraction of sp³-hybridized carbons (Fsp3) is 0.565. The van der Waals surface area contributed by atoms with Gasteiger partial charge in [0, 0.05) is 6.04 Å². The van der Waals surface area contributed by atoms with Crippen molar-refractivity contribution in [2.45, 2.75) is 71.7 Å². The van der Waals surface area contributed by atoms with Crippen molar-refractivity contribution in [3.05, 3.63) is 46.3 Å². The van der Waals surface area contributed by atoms with Crippen LogP contribution in [-0.2, 0) is 4.74 Å². The summed E-state index contributed by atoms with van der Waals surface area (Å²) in [5.74, 6) is 0.974. The van der Waals surface area contributed by atoms with Crippen LogP contribution in [0.5, 0.6) is 5.88 Å². The highest BCUT2D eigenvalue weighted by atomic mass is 32.1. The van der Waals surface area contributed by atoms with Gasteiger partial charge in [-0.3, -0.25) is 4.90 Å². The Morgan fingerprint density at radius 3 is 2.65 bits per heavy atom. The molecular formula is C23H31FN4O2S. The number of benzene rings is 1. The smallest absolute Gasteiger partial charge is 0.230 e. The third kappa shape index (κ3) is 4.08. The van der Waals surface area contributed by atoms with Crippen LogP contribution < -0.4 is 0 Å². The van der Waals surface area contributed by atoms with Crippen LogP contribution in [0.15, 0.2) is 24.3 Å². The molecule has 0 radical (unpaired) electrons. The number of aromatic hydroxyl groups is 1. The lowest BCUT2D eigenvalue weighted by molar-refractivity contribution is -0.0915. The third-order valence-electron chi connectivity index (χ3n) is 6.20. The predicted molar refractivity (Wildman–Crippen MR) is 120 cm³/mol. The summed E-state index contributed by atoms with van der Waals surface area (Å²) < 4.78 is 21.7. The summed E-state index contributed by atoms with van der Waals surface area (Å²) in [5.41, 5.74) is 0.420. The van der Waals surface area contributed by atoms with Crippen molar-refractivity contribution < 1.29 is 14.2 Å². The highest BCUT2D eigenvalue weighted by Gasteiger charge is 2.48. The summed E-state index contributed by atoms with van der Waals surface area (Å²) in [6.07, 6.45) is 2.81. The molecule has 1 fully saturated rings. The van der Waals surface area contributed by atoms with Gasteiger partial charge in [-0.2, -0.15) is 4.52 Å². The molecule has 0 saturated carbocycles. The van der Waals surface area contributed by atoms with Gasteiger partial charge in [0.1, 0.15) is 17.4 Å². The number of aromatic nitrogens is 3. The molecule has 6 nitrogen and oxygen atoms in total. The van der Waals surface area contributed by atoms with Crippen molar-refractivity contribution in [1.82, 2.24) is 19.5 Å². The minimum Gasteiger partial charge on any atom is -0.492 e. The summed E-state index contributed by atoms with van der Waals surface area (Å²) in [7, 11) is 0. The summed E-state index contributed by atoms with van der Waals surface area (Å²) in [6.45, 7) is 11.2. The van der Waals surface area contributed by atoms with Crippen molar-refractivity contribution in [1.29, 1.82) is 0 Å². The number of aryl methyl sites for hydroxylation is 1. The van der Waals surface area contributed by atoms with Crippen molar-refractivity contribution >= 4 is 16.3 Å². The summed E-state index contributed by atoms with van der Waals surface area (Å²) in [6, 6.07) is 6.44. The Morgan fingerprint density at radius 1 is 1.32 bits per heavy atom. The van der Waals surface area contributed by atoms with E-state index >= 15 is 0 Å². The van der Waals surface area contributed by atoms with Gasteiger partial charge >= 0.3 is 0 Å². The molecular weight excluding hydrogens is 415 g/mol. The van der Waals surface area contributed by atoms with Gasteiger partial charge in [-0.15, -0.1) is 5.10 Å². The number of nitrogens with zero attached hydrogens (tertiary/aromatic N) is 4. The maximum Gasteiger partial charge on any atom is 0.230 e. The fourth-order valence-electron chi connectivity index (χ4n) is 4.48. The average molecular weight is 447 g/mol. The lowest BCUT2D eigenvalue weighted by atomic mass is 9.94. The van der Waals surface area contributed by atoms with Crippen LogP contribution in [-0.4, -0.2) is 43.0 Å². The fourth-order valence-corrected chi connectivity index (χ4v) is 5.61. The molecule has 3 aromatic rings. The second-order valence-corrected chi connectivity index (χ2v) is 9.99. The molecule has 4 rings (SSSR count). The van der Waals surface area contributed by atoms with Crippen molar-refractivity contribution in [2.75, 3.05) is 6.61 Å². The standard InChI is InChI=1S/C23H31FN4O2S/c1-6-18-13-30-23(5,12-11-14(2)3)27(18)19(16-7-9-17(24)10-8-16)20-21(29)28-22(31-20)25-15(4)26-28/h7-10,14,18-19,29H,6,11-13H2,1-5H3. The van der Waals surface area contributed by atoms with Crippen LogP contribution >= 0.6 is 11.3 Å². The molecule has 0 aliphatic carbocycles. The van der Waals surface area contributed by atoms with Gasteiger partial charge in [0.25, 0.3) is 0 Å². The molecule has 1 aliphatic heterocycles. The molecule has 1 aliphatic rings. The van der Waals surface area contributed by atoms with Crippen LogP contribution in [0.1, 0.15) is 69.3 Å². The Hall–Kier alpha value is -2.03. The number of hydrogen-bond acceptors (Lipinski definition) is 6. The molecule has 3 unspecified atom stereocenters. The second-order valence-electron chi connectivity index (χ2n) is 8.99. The first-order chi connectivity index (χ1) is 14.7. The Morgan fingerprint density at radius 2 is 2.03 bits per heavy atom. The molecule has 3 atom stereocenters. The Bertz CT molecular complexity index is 1050. The van der Waals surface area contributed by atoms with E-state index in [1.54, 1.807) is 19.1 Å². The maximum atomic E-state index is 13.8. The number of ether oxygens (including phenoxy) is 1. The third-order valence-corrected chi connectivity index (χ3v) is 7.27. The largest absolute Gasteiger partial charge is 0.492 e. The minimum atomic E-state index is -0.494. The van der Waals surface area contributed by atoms with Gasteiger partial charge in [-0.25, -0.2) is 9.37 Å². The molecule has 2 aromatic heterocycles. The average Bonchev–Trinajstić information content (AvgIpc) is 3.35. The first-order valence-electron chi connectivity index (χ1n) is 11.0. The zero-order valence-electron chi connectivity index (χ0n) is 18.8. The van der Waals surface area contributed by atoms with Crippen molar-refractivity contribution in [3.8, 4) is 5.88 Å². The zero-order valence-corrected chi connectivity index (χ0v) is 19.6. The SMILES string of the molecule is CCC1COC(C)(CCC(C)C)N1C(c1ccc(F)cc1)c1sc2nc(C)nn2c1O. The lowest BCUT2D eigenvalue weighted by Gasteiger charge is -2.42. The Labute approximate surface area is 186 Å². The zero-order chi connectivity index (χ0) is 22.3. The number of fused-ring (bicyclic) bond motifs is 1. The number of thiazole rings is 1. The van der Waals surface area contributed by atoms with E-state index in [-0.39, 0.29) is 23.8 Å². The number of halogens is 1. The van der Waals surface area contributed by atoms with E-state index in [0.29, 0.717) is 23.3 Å².